The fourth-order valence-electron chi connectivity index (χ4n) is 3.65. The molecule has 8 heteroatoms. The smallest absolute Gasteiger partial charge is 0.226 e. The lowest BCUT2D eigenvalue weighted by Crippen LogP contribution is -2.49. The lowest BCUT2D eigenvalue weighted by Gasteiger charge is -2.37. The largest absolute Gasteiger partial charge is 0.342 e. The Bertz CT molecular complexity index is 478. The van der Waals surface area contributed by atoms with Crippen LogP contribution in [0.5, 0.6) is 0 Å². The molecule has 1 saturated carbocycles. The molecule has 2 fully saturated rings. The highest BCUT2D eigenvalue weighted by Gasteiger charge is 2.36. The van der Waals surface area contributed by atoms with Crippen molar-refractivity contribution in [2.24, 2.45) is 17.6 Å². The van der Waals surface area contributed by atoms with E-state index in [0.717, 1.165) is 32.1 Å². The number of rotatable bonds is 4. The van der Waals surface area contributed by atoms with Crippen LogP contribution < -0.4 is 5.73 Å². The molecule has 6 nitrogen and oxygen atoms in total. The highest BCUT2D eigenvalue weighted by molar-refractivity contribution is 7.88. The first-order chi connectivity index (χ1) is 9.84. The van der Waals surface area contributed by atoms with Gasteiger partial charge in [-0.05, 0) is 38.1 Å². The van der Waals surface area contributed by atoms with Crippen molar-refractivity contribution < 1.29 is 13.2 Å². The summed E-state index contributed by atoms with van der Waals surface area (Å²) in [6.45, 7) is 1.59. The van der Waals surface area contributed by atoms with Gasteiger partial charge < -0.3 is 10.6 Å². The van der Waals surface area contributed by atoms with Gasteiger partial charge in [-0.3, -0.25) is 4.79 Å². The van der Waals surface area contributed by atoms with Crippen LogP contribution in [-0.4, -0.2) is 62.5 Å². The van der Waals surface area contributed by atoms with E-state index < -0.39 is 10.0 Å². The first-order valence-electron chi connectivity index (χ1n) is 7.76. The second-order valence-electron chi connectivity index (χ2n) is 6.38. The third-order valence-corrected chi connectivity index (χ3v) is 6.37. The SMILES string of the molecule is CN(C(=O)[C@@H]1CCC[C@@H]1CN)C1CCN(S(C)(=O)=O)CC1.Cl. The van der Waals surface area contributed by atoms with E-state index in [2.05, 4.69) is 0 Å². The maximum atomic E-state index is 12.6. The molecule has 0 bridgehead atoms. The topological polar surface area (TPSA) is 83.7 Å². The molecular formula is C14H28ClN3O3S. The second-order valence-corrected chi connectivity index (χ2v) is 8.36. The Morgan fingerprint density at radius 1 is 1.23 bits per heavy atom. The Kier molecular flexibility index (Phi) is 7.11. The maximum Gasteiger partial charge on any atom is 0.226 e. The van der Waals surface area contributed by atoms with Crippen LogP contribution in [0.4, 0.5) is 0 Å². The number of piperidine rings is 1. The van der Waals surface area contributed by atoms with Gasteiger partial charge in [-0.1, -0.05) is 6.42 Å². The van der Waals surface area contributed by atoms with Crippen LogP contribution in [0.25, 0.3) is 0 Å². The molecule has 1 amide bonds. The number of hydrogen-bond acceptors (Lipinski definition) is 4. The first-order valence-corrected chi connectivity index (χ1v) is 9.61. The van der Waals surface area contributed by atoms with E-state index in [-0.39, 0.29) is 30.3 Å². The molecule has 1 aliphatic carbocycles. The van der Waals surface area contributed by atoms with E-state index in [1.165, 1.54) is 10.6 Å². The maximum absolute atomic E-state index is 12.6. The number of carbonyl (C=O) groups excluding carboxylic acids is 1. The van der Waals surface area contributed by atoms with E-state index in [9.17, 15) is 13.2 Å². The summed E-state index contributed by atoms with van der Waals surface area (Å²) in [5.74, 6) is 0.574. The quantitative estimate of drug-likeness (QED) is 0.805. The number of carbonyl (C=O) groups is 1. The summed E-state index contributed by atoms with van der Waals surface area (Å²) in [6, 6.07) is 0.148. The third kappa shape index (κ3) is 4.34. The summed E-state index contributed by atoms with van der Waals surface area (Å²) in [5, 5.41) is 0. The molecule has 1 saturated heterocycles. The van der Waals surface area contributed by atoms with E-state index >= 15 is 0 Å². The molecule has 130 valence electrons. The summed E-state index contributed by atoms with van der Waals surface area (Å²) in [7, 11) is -1.25. The monoisotopic (exact) mass is 353 g/mol. The average Bonchev–Trinajstić information content (AvgIpc) is 2.93. The van der Waals surface area contributed by atoms with Crippen molar-refractivity contribution in [2.75, 3.05) is 32.9 Å². The lowest BCUT2D eigenvalue weighted by atomic mass is 9.93. The highest BCUT2D eigenvalue weighted by atomic mass is 35.5. The molecule has 0 aromatic carbocycles. The van der Waals surface area contributed by atoms with Gasteiger partial charge in [0.05, 0.1) is 6.26 Å². The Balaban J connectivity index is 0.00000242. The molecule has 0 unspecified atom stereocenters. The van der Waals surface area contributed by atoms with Crippen molar-refractivity contribution in [3.63, 3.8) is 0 Å². The summed E-state index contributed by atoms with van der Waals surface area (Å²) >= 11 is 0. The van der Waals surface area contributed by atoms with Gasteiger partial charge in [0.2, 0.25) is 15.9 Å². The molecule has 2 aliphatic rings. The number of sulfonamides is 1. The van der Waals surface area contributed by atoms with Gasteiger partial charge in [0.15, 0.2) is 0 Å². The fourth-order valence-corrected chi connectivity index (χ4v) is 4.52. The Morgan fingerprint density at radius 3 is 2.32 bits per heavy atom. The average molecular weight is 354 g/mol. The summed E-state index contributed by atoms with van der Waals surface area (Å²) in [4.78, 5) is 14.5. The lowest BCUT2D eigenvalue weighted by molar-refractivity contribution is -0.138. The number of hydrogen-bond donors (Lipinski definition) is 1. The van der Waals surface area contributed by atoms with Gasteiger partial charge in [0.1, 0.15) is 0 Å². The minimum atomic E-state index is -3.11. The molecule has 0 aromatic rings. The van der Waals surface area contributed by atoms with Crippen LogP contribution in [-0.2, 0) is 14.8 Å². The Morgan fingerprint density at radius 2 is 1.82 bits per heavy atom. The summed E-state index contributed by atoms with van der Waals surface area (Å²) in [5.41, 5.74) is 5.76. The van der Waals surface area contributed by atoms with Gasteiger partial charge in [-0.15, -0.1) is 12.4 Å². The highest BCUT2D eigenvalue weighted by Crippen LogP contribution is 2.33. The first kappa shape index (κ1) is 19.7. The van der Waals surface area contributed by atoms with Gasteiger partial charge >= 0.3 is 0 Å². The van der Waals surface area contributed by atoms with Crippen molar-refractivity contribution in [1.29, 1.82) is 0 Å². The van der Waals surface area contributed by atoms with Crippen molar-refractivity contribution in [3.05, 3.63) is 0 Å². The van der Waals surface area contributed by atoms with Crippen LogP contribution in [0.2, 0.25) is 0 Å². The third-order valence-electron chi connectivity index (χ3n) is 5.07. The molecular weight excluding hydrogens is 326 g/mol. The molecule has 0 radical (unpaired) electrons. The van der Waals surface area contributed by atoms with Gasteiger partial charge in [0, 0.05) is 32.1 Å². The van der Waals surface area contributed by atoms with Crippen molar-refractivity contribution in [2.45, 2.75) is 38.1 Å². The van der Waals surface area contributed by atoms with Crippen LogP contribution in [0.3, 0.4) is 0 Å². The molecule has 22 heavy (non-hydrogen) atoms. The summed E-state index contributed by atoms with van der Waals surface area (Å²) in [6.07, 6.45) is 5.75. The molecule has 1 heterocycles. The van der Waals surface area contributed by atoms with Gasteiger partial charge in [-0.2, -0.15) is 0 Å². The fraction of sp³-hybridized carbons (Fsp3) is 0.929. The van der Waals surface area contributed by atoms with Crippen molar-refractivity contribution >= 4 is 28.3 Å². The number of amides is 1. The van der Waals surface area contributed by atoms with Gasteiger partial charge in [-0.25, -0.2) is 12.7 Å². The molecule has 0 aromatic heterocycles. The van der Waals surface area contributed by atoms with Crippen LogP contribution >= 0.6 is 12.4 Å². The van der Waals surface area contributed by atoms with Crippen molar-refractivity contribution in [1.82, 2.24) is 9.21 Å². The molecule has 1 aliphatic heterocycles. The van der Waals surface area contributed by atoms with E-state index in [1.54, 1.807) is 0 Å². The predicted octanol–water partition coefficient (Wildman–Crippen LogP) is 0.666. The normalized spacial score (nSPS) is 27.4. The molecule has 2 atom stereocenters. The summed E-state index contributed by atoms with van der Waals surface area (Å²) < 4.78 is 24.5. The zero-order valence-corrected chi connectivity index (χ0v) is 15.0. The Labute approximate surface area is 139 Å². The van der Waals surface area contributed by atoms with Crippen LogP contribution in [0, 0.1) is 11.8 Å². The van der Waals surface area contributed by atoms with Crippen LogP contribution in [0.1, 0.15) is 32.1 Å². The van der Waals surface area contributed by atoms with Gasteiger partial charge in [0.25, 0.3) is 0 Å². The predicted molar refractivity (Wildman–Crippen MR) is 89.3 cm³/mol. The zero-order chi connectivity index (χ0) is 15.6. The molecule has 0 spiro atoms. The van der Waals surface area contributed by atoms with E-state index in [1.807, 2.05) is 11.9 Å². The molecule has 2 rings (SSSR count). The van der Waals surface area contributed by atoms with E-state index in [0.29, 0.717) is 25.6 Å². The number of halogens is 1. The van der Waals surface area contributed by atoms with Crippen LogP contribution in [0.15, 0.2) is 0 Å². The number of nitrogens with zero attached hydrogens (tertiary/aromatic N) is 2. The Hall–Kier alpha value is -0.370. The second kappa shape index (κ2) is 7.95. The minimum Gasteiger partial charge on any atom is -0.342 e. The molecule has 2 N–H and O–H groups in total. The van der Waals surface area contributed by atoms with Crippen molar-refractivity contribution in [3.8, 4) is 0 Å². The number of nitrogens with two attached hydrogens (primary N) is 1. The standard InChI is InChI=1S/C14H27N3O3S.ClH/c1-16(14(18)13-5-3-4-11(13)10-15)12-6-8-17(9-7-12)21(2,19)20;/h11-13H,3-10,15H2,1-2H3;1H/t11-,13-;/m1./s1. The van der Waals surface area contributed by atoms with E-state index in [4.69, 9.17) is 5.73 Å². The zero-order valence-electron chi connectivity index (χ0n) is 13.4. The minimum absolute atomic E-state index is 0.